The average Bonchev–Trinajstić information content (AvgIpc) is 2.89. The third-order valence-corrected chi connectivity index (χ3v) is 3.75. The molecule has 0 saturated heterocycles. The molecule has 2 aromatic rings. The summed E-state index contributed by atoms with van der Waals surface area (Å²) >= 11 is 0. The van der Waals surface area contributed by atoms with Crippen molar-refractivity contribution in [2.45, 2.75) is 33.8 Å². The number of aliphatic hydroxyl groups excluding tert-OH is 1. The van der Waals surface area contributed by atoms with E-state index in [2.05, 4.69) is 4.98 Å². The van der Waals surface area contributed by atoms with E-state index in [-0.39, 0.29) is 24.8 Å². The highest BCUT2D eigenvalue weighted by atomic mass is 16.5. The summed E-state index contributed by atoms with van der Waals surface area (Å²) in [6.45, 7) is 5.07. The van der Waals surface area contributed by atoms with E-state index in [1.54, 1.807) is 31.2 Å². The van der Waals surface area contributed by atoms with Gasteiger partial charge < -0.3 is 14.8 Å². The number of ketones is 2. The standard InChI is InChI=1S/C18H21NO4/c1-4-15-17(12(3)21)11(2)19-18(15)16(22)10-23-14-7-5-13(9-20)6-8-14/h5-8,19-20H,4,9-10H2,1-3H3. The van der Waals surface area contributed by atoms with Crippen LogP contribution in [0.2, 0.25) is 0 Å². The Morgan fingerprint density at radius 3 is 2.39 bits per heavy atom. The summed E-state index contributed by atoms with van der Waals surface area (Å²) in [5.41, 5.74) is 3.29. The van der Waals surface area contributed by atoms with Crippen molar-refractivity contribution in [3.8, 4) is 5.75 Å². The van der Waals surface area contributed by atoms with Crippen LogP contribution >= 0.6 is 0 Å². The number of aliphatic hydroxyl groups is 1. The molecule has 0 aliphatic carbocycles. The number of carbonyl (C=O) groups excluding carboxylic acids is 2. The summed E-state index contributed by atoms with van der Waals surface area (Å²) in [6.07, 6.45) is 0.603. The molecule has 0 spiro atoms. The number of hydrogen-bond acceptors (Lipinski definition) is 4. The van der Waals surface area contributed by atoms with Gasteiger partial charge in [-0.05, 0) is 43.5 Å². The number of carbonyl (C=O) groups is 2. The SMILES string of the molecule is CCc1c(C(=O)COc2ccc(CO)cc2)[nH]c(C)c1C(C)=O. The number of H-pyrrole nitrogens is 1. The van der Waals surface area contributed by atoms with E-state index in [4.69, 9.17) is 9.84 Å². The summed E-state index contributed by atoms with van der Waals surface area (Å²) in [5.74, 6) is 0.322. The van der Waals surface area contributed by atoms with Gasteiger partial charge in [0.2, 0.25) is 5.78 Å². The Balaban J connectivity index is 2.14. The number of benzene rings is 1. The van der Waals surface area contributed by atoms with Crippen LogP contribution in [0.5, 0.6) is 5.75 Å². The van der Waals surface area contributed by atoms with Gasteiger partial charge in [0.25, 0.3) is 0 Å². The van der Waals surface area contributed by atoms with Gasteiger partial charge in [0.15, 0.2) is 12.4 Å². The van der Waals surface area contributed by atoms with Crippen molar-refractivity contribution in [2.24, 2.45) is 0 Å². The predicted molar refractivity (Wildman–Crippen MR) is 87.1 cm³/mol. The zero-order chi connectivity index (χ0) is 17.0. The molecule has 23 heavy (non-hydrogen) atoms. The van der Waals surface area contributed by atoms with Crippen molar-refractivity contribution in [3.63, 3.8) is 0 Å². The lowest BCUT2D eigenvalue weighted by molar-refractivity contribution is 0.0916. The van der Waals surface area contributed by atoms with Crippen LogP contribution in [0.4, 0.5) is 0 Å². The Hall–Kier alpha value is -2.40. The molecule has 0 unspecified atom stereocenters. The summed E-state index contributed by atoms with van der Waals surface area (Å²) in [6, 6.07) is 6.90. The Kier molecular flexibility index (Phi) is 5.34. The van der Waals surface area contributed by atoms with Gasteiger partial charge in [-0.1, -0.05) is 19.1 Å². The van der Waals surface area contributed by atoms with E-state index in [1.807, 2.05) is 6.92 Å². The Labute approximate surface area is 135 Å². The lowest BCUT2D eigenvalue weighted by Crippen LogP contribution is -2.14. The molecule has 2 rings (SSSR count). The van der Waals surface area contributed by atoms with Gasteiger partial charge >= 0.3 is 0 Å². The first kappa shape index (κ1) is 17.0. The quantitative estimate of drug-likeness (QED) is 0.770. The van der Waals surface area contributed by atoms with Gasteiger partial charge in [0, 0.05) is 11.3 Å². The largest absolute Gasteiger partial charge is 0.485 e. The van der Waals surface area contributed by atoms with Gasteiger partial charge in [-0.3, -0.25) is 9.59 Å². The van der Waals surface area contributed by atoms with Crippen molar-refractivity contribution >= 4 is 11.6 Å². The first-order valence-corrected chi connectivity index (χ1v) is 7.56. The number of aromatic amines is 1. The predicted octanol–water partition coefficient (Wildman–Crippen LogP) is 2.84. The first-order chi connectivity index (χ1) is 11.0. The Morgan fingerprint density at radius 1 is 1.22 bits per heavy atom. The minimum absolute atomic E-state index is 0.0331. The smallest absolute Gasteiger partial charge is 0.216 e. The summed E-state index contributed by atoms with van der Waals surface area (Å²) in [4.78, 5) is 27.2. The molecule has 2 N–H and O–H groups in total. The molecule has 0 bridgehead atoms. The van der Waals surface area contributed by atoms with Crippen LogP contribution in [0.15, 0.2) is 24.3 Å². The number of rotatable bonds is 7. The van der Waals surface area contributed by atoms with Crippen LogP contribution in [0.3, 0.4) is 0 Å². The molecular formula is C18H21NO4. The normalized spacial score (nSPS) is 10.6. The minimum atomic E-state index is -0.191. The van der Waals surface area contributed by atoms with Crippen molar-refractivity contribution < 1.29 is 19.4 Å². The number of hydrogen-bond donors (Lipinski definition) is 2. The fourth-order valence-electron chi connectivity index (χ4n) is 2.66. The third kappa shape index (κ3) is 3.68. The fourth-order valence-corrected chi connectivity index (χ4v) is 2.66. The monoisotopic (exact) mass is 315 g/mol. The number of Topliss-reactive ketones (excluding diaryl/α,β-unsaturated/α-hetero) is 2. The minimum Gasteiger partial charge on any atom is -0.485 e. The van der Waals surface area contributed by atoms with Crippen LogP contribution in [0, 0.1) is 6.92 Å². The molecule has 1 heterocycles. The maximum absolute atomic E-state index is 12.4. The molecule has 5 nitrogen and oxygen atoms in total. The van der Waals surface area contributed by atoms with Gasteiger partial charge in [0.05, 0.1) is 12.3 Å². The van der Waals surface area contributed by atoms with Crippen LogP contribution in [0.1, 0.15) is 51.5 Å². The van der Waals surface area contributed by atoms with Crippen molar-refractivity contribution in [3.05, 3.63) is 52.3 Å². The van der Waals surface area contributed by atoms with E-state index < -0.39 is 0 Å². The van der Waals surface area contributed by atoms with Gasteiger partial charge in [0.1, 0.15) is 5.75 Å². The van der Waals surface area contributed by atoms with E-state index in [9.17, 15) is 9.59 Å². The molecule has 0 aliphatic heterocycles. The number of ether oxygens (including phenoxy) is 1. The first-order valence-electron chi connectivity index (χ1n) is 7.56. The lowest BCUT2D eigenvalue weighted by atomic mass is 10.0. The molecule has 0 atom stereocenters. The highest BCUT2D eigenvalue weighted by molar-refractivity contribution is 6.03. The molecule has 0 radical (unpaired) electrons. The molecule has 122 valence electrons. The number of aryl methyl sites for hydroxylation is 1. The summed E-state index contributed by atoms with van der Waals surface area (Å²) in [5, 5.41) is 9.00. The van der Waals surface area contributed by atoms with Crippen molar-refractivity contribution in [1.82, 2.24) is 4.98 Å². The highest BCUT2D eigenvalue weighted by Crippen LogP contribution is 2.21. The summed E-state index contributed by atoms with van der Waals surface area (Å²) < 4.78 is 5.49. The second kappa shape index (κ2) is 7.24. The molecule has 1 aromatic carbocycles. The van der Waals surface area contributed by atoms with Crippen molar-refractivity contribution in [2.75, 3.05) is 6.61 Å². The van der Waals surface area contributed by atoms with Crippen LogP contribution in [-0.4, -0.2) is 28.3 Å². The zero-order valence-corrected chi connectivity index (χ0v) is 13.6. The Morgan fingerprint density at radius 2 is 1.87 bits per heavy atom. The van der Waals surface area contributed by atoms with E-state index in [0.29, 0.717) is 29.1 Å². The number of nitrogens with one attached hydrogen (secondary N) is 1. The topological polar surface area (TPSA) is 79.4 Å². The molecular weight excluding hydrogens is 294 g/mol. The maximum Gasteiger partial charge on any atom is 0.216 e. The van der Waals surface area contributed by atoms with Crippen molar-refractivity contribution in [1.29, 1.82) is 0 Å². The maximum atomic E-state index is 12.4. The van der Waals surface area contributed by atoms with E-state index >= 15 is 0 Å². The average molecular weight is 315 g/mol. The van der Waals surface area contributed by atoms with Crippen LogP contribution < -0.4 is 4.74 Å². The molecule has 5 heteroatoms. The van der Waals surface area contributed by atoms with Crippen LogP contribution in [-0.2, 0) is 13.0 Å². The second-order valence-corrected chi connectivity index (χ2v) is 5.40. The van der Waals surface area contributed by atoms with Gasteiger partial charge in [-0.25, -0.2) is 0 Å². The lowest BCUT2D eigenvalue weighted by Gasteiger charge is -2.07. The van der Waals surface area contributed by atoms with Gasteiger partial charge in [-0.15, -0.1) is 0 Å². The Bertz CT molecular complexity index is 713. The van der Waals surface area contributed by atoms with Crippen LogP contribution in [0.25, 0.3) is 0 Å². The zero-order valence-electron chi connectivity index (χ0n) is 13.6. The molecule has 0 amide bonds. The van der Waals surface area contributed by atoms with E-state index in [1.165, 1.54) is 6.92 Å². The number of aromatic nitrogens is 1. The molecule has 1 aromatic heterocycles. The third-order valence-electron chi connectivity index (χ3n) is 3.75. The molecule has 0 saturated carbocycles. The molecule has 0 aliphatic rings. The van der Waals surface area contributed by atoms with E-state index in [0.717, 1.165) is 11.1 Å². The van der Waals surface area contributed by atoms with Gasteiger partial charge in [-0.2, -0.15) is 0 Å². The second-order valence-electron chi connectivity index (χ2n) is 5.40. The fraction of sp³-hybridized carbons (Fsp3) is 0.333. The molecule has 0 fully saturated rings. The highest BCUT2D eigenvalue weighted by Gasteiger charge is 2.21. The summed E-state index contributed by atoms with van der Waals surface area (Å²) in [7, 11) is 0.